The Bertz CT molecular complexity index is 947. The fraction of sp³-hybridized carbons (Fsp3) is 0.0909. The number of rotatable bonds is 6. The van der Waals surface area contributed by atoms with E-state index in [1.807, 2.05) is 36.4 Å². The van der Waals surface area contributed by atoms with Crippen LogP contribution >= 0.6 is 0 Å². The largest absolute Gasteiger partial charge is 0.482 e. The Kier molecular flexibility index (Phi) is 5.70. The fourth-order valence-electron chi connectivity index (χ4n) is 2.43. The van der Waals surface area contributed by atoms with Crippen molar-refractivity contribution in [1.29, 1.82) is 5.26 Å². The van der Waals surface area contributed by atoms with E-state index in [1.54, 1.807) is 55.6 Å². The van der Waals surface area contributed by atoms with Gasteiger partial charge in [0.25, 0.3) is 5.91 Å². The molecule has 0 aromatic heterocycles. The maximum Gasteiger partial charge on any atom is 0.264 e. The topological polar surface area (TPSA) is 62.6 Å². The highest BCUT2D eigenvalue weighted by Crippen LogP contribution is 2.24. The number of amides is 1. The van der Waals surface area contributed by atoms with Crippen LogP contribution in [0.3, 0.4) is 0 Å². The number of hydrogen-bond donors (Lipinski definition) is 0. The molecule has 0 aliphatic rings. The van der Waals surface area contributed by atoms with Gasteiger partial charge in [-0.2, -0.15) is 5.26 Å². The summed E-state index contributed by atoms with van der Waals surface area (Å²) in [4.78, 5) is 13.9. The molecule has 0 spiro atoms. The number of para-hydroxylation sites is 2. The second kappa shape index (κ2) is 8.54. The van der Waals surface area contributed by atoms with Gasteiger partial charge in [0.1, 0.15) is 23.3 Å². The van der Waals surface area contributed by atoms with Crippen LogP contribution in [0.2, 0.25) is 0 Å². The van der Waals surface area contributed by atoms with Crippen molar-refractivity contribution < 1.29 is 14.3 Å². The van der Waals surface area contributed by atoms with Gasteiger partial charge in [0, 0.05) is 12.7 Å². The summed E-state index contributed by atoms with van der Waals surface area (Å²) in [6.07, 6.45) is 0. The van der Waals surface area contributed by atoms with E-state index in [9.17, 15) is 4.79 Å². The molecule has 134 valence electrons. The van der Waals surface area contributed by atoms with Crippen molar-refractivity contribution in [3.8, 4) is 23.3 Å². The summed E-state index contributed by atoms with van der Waals surface area (Å²) in [5.41, 5.74) is 1.12. The molecule has 3 rings (SSSR count). The average molecular weight is 358 g/mol. The Morgan fingerprint density at radius 1 is 0.926 bits per heavy atom. The van der Waals surface area contributed by atoms with Gasteiger partial charge in [-0.3, -0.25) is 4.79 Å². The molecule has 3 aromatic carbocycles. The van der Waals surface area contributed by atoms with Crippen molar-refractivity contribution >= 4 is 11.6 Å². The molecule has 0 fully saturated rings. The van der Waals surface area contributed by atoms with Crippen molar-refractivity contribution in [2.45, 2.75) is 0 Å². The minimum atomic E-state index is -0.223. The number of ether oxygens (including phenoxy) is 2. The van der Waals surface area contributed by atoms with Gasteiger partial charge < -0.3 is 14.4 Å². The standard InChI is InChI=1S/C22H18N2O3/c1-24(22(25)16-26-21-10-6-5-7-17(21)15-23)18-11-13-20(14-12-18)27-19-8-3-2-4-9-19/h2-14H,16H2,1H3. The summed E-state index contributed by atoms with van der Waals surface area (Å²) in [6, 6.07) is 25.6. The van der Waals surface area contributed by atoms with E-state index in [4.69, 9.17) is 14.7 Å². The minimum absolute atomic E-state index is 0.155. The zero-order valence-corrected chi connectivity index (χ0v) is 14.8. The number of carbonyl (C=O) groups is 1. The van der Waals surface area contributed by atoms with Gasteiger partial charge in [-0.1, -0.05) is 30.3 Å². The molecule has 0 bridgehead atoms. The van der Waals surface area contributed by atoms with E-state index < -0.39 is 0 Å². The highest BCUT2D eigenvalue weighted by Gasteiger charge is 2.13. The zero-order valence-electron chi connectivity index (χ0n) is 14.8. The van der Waals surface area contributed by atoms with Gasteiger partial charge in [-0.05, 0) is 48.5 Å². The van der Waals surface area contributed by atoms with Gasteiger partial charge in [0.15, 0.2) is 6.61 Å². The summed E-state index contributed by atoms with van der Waals surface area (Å²) in [5, 5.41) is 9.07. The summed E-state index contributed by atoms with van der Waals surface area (Å²) >= 11 is 0. The summed E-state index contributed by atoms with van der Waals surface area (Å²) < 4.78 is 11.2. The molecule has 0 radical (unpaired) electrons. The first kappa shape index (κ1) is 18.0. The highest BCUT2D eigenvalue weighted by atomic mass is 16.5. The van der Waals surface area contributed by atoms with Gasteiger partial charge in [0.2, 0.25) is 0 Å². The van der Waals surface area contributed by atoms with Crippen molar-refractivity contribution in [2.24, 2.45) is 0 Å². The Balaban J connectivity index is 1.60. The first-order valence-electron chi connectivity index (χ1n) is 8.39. The van der Waals surface area contributed by atoms with Gasteiger partial charge in [-0.25, -0.2) is 0 Å². The predicted octanol–water partition coefficient (Wildman–Crippen LogP) is 4.39. The smallest absolute Gasteiger partial charge is 0.264 e. The number of nitrogens with zero attached hydrogens (tertiary/aromatic N) is 2. The second-order valence-corrected chi connectivity index (χ2v) is 5.76. The van der Waals surface area contributed by atoms with E-state index in [-0.39, 0.29) is 12.5 Å². The van der Waals surface area contributed by atoms with Crippen LogP contribution in [0.25, 0.3) is 0 Å². The molecule has 27 heavy (non-hydrogen) atoms. The molecule has 0 saturated heterocycles. The van der Waals surface area contributed by atoms with Gasteiger partial charge in [0.05, 0.1) is 5.56 Å². The lowest BCUT2D eigenvalue weighted by molar-refractivity contribution is -0.120. The average Bonchev–Trinajstić information content (AvgIpc) is 2.73. The SMILES string of the molecule is CN(C(=O)COc1ccccc1C#N)c1ccc(Oc2ccccc2)cc1. The molecule has 0 atom stereocenters. The Morgan fingerprint density at radius 3 is 2.26 bits per heavy atom. The molecule has 0 aliphatic heterocycles. The molecule has 0 heterocycles. The van der Waals surface area contributed by atoms with Crippen LogP contribution in [0.1, 0.15) is 5.56 Å². The molecule has 0 N–H and O–H groups in total. The first-order chi connectivity index (χ1) is 13.2. The number of nitriles is 1. The molecule has 1 amide bonds. The predicted molar refractivity (Wildman–Crippen MR) is 103 cm³/mol. The fourth-order valence-corrected chi connectivity index (χ4v) is 2.43. The number of benzene rings is 3. The molecule has 0 unspecified atom stereocenters. The van der Waals surface area contributed by atoms with Gasteiger partial charge >= 0.3 is 0 Å². The maximum absolute atomic E-state index is 12.4. The maximum atomic E-state index is 12.4. The number of hydrogen-bond acceptors (Lipinski definition) is 4. The van der Waals surface area contributed by atoms with Crippen LogP contribution in [0.15, 0.2) is 78.9 Å². The molecule has 0 aliphatic carbocycles. The second-order valence-electron chi connectivity index (χ2n) is 5.76. The normalized spacial score (nSPS) is 9.93. The van der Waals surface area contributed by atoms with Crippen LogP contribution < -0.4 is 14.4 Å². The minimum Gasteiger partial charge on any atom is -0.482 e. The monoisotopic (exact) mass is 358 g/mol. The Hall–Kier alpha value is -3.78. The van der Waals surface area contributed by atoms with Crippen molar-refractivity contribution in [2.75, 3.05) is 18.6 Å². The van der Waals surface area contributed by atoms with Crippen molar-refractivity contribution in [3.05, 3.63) is 84.4 Å². The first-order valence-corrected chi connectivity index (χ1v) is 8.39. The molecule has 0 saturated carbocycles. The number of carbonyl (C=O) groups excluding carboxylic acids is 1. The zero-order chi connectivity index (χ0) is 19.1. The third-order valence-corrected chi connectivity index (χ3v) is 3.94. The van der Waals surface area contributed by atoms with Crippen LogP contribution in [0.5, 0.6) is 17.2 Å². The quantitative estimate of drug-likeness (QED) is 0.655. The number of anilines is 1. The van der Waals surface area contributed by atoms with Crippen LogP contribution in [-0.4, -0.2) is 19.6 Å². The van der Waals surface area contributed by atoms with E-state index in [2.05, 4.69) is 0 Å². The lowest BCUT2D eigenvalue weighted by Crippen LogP contribution is -2.31. The van der Waals surface area contributed by atoms with E-state index in [0.29, 0.717) is 17.1 Å². The molecule has 5 nitrogen and oxygen atoms in total. The van der Waals surface area contributed by atoms with Crippen molar-refractivity contribution in [3.63, 3.8) is 0 Å². The van der Waals surface area contributed by atoms with E-state index >= 15 is 0 Å². The Labute approximate surface area is 158 Å². The Morgan fingerprint density at radius 2 is 1.56 bits per heavy atom. The number of likely N-dealkylation sites (N-methyl/N-ethyl adjacent to an activating group) is 1. The molecule has 5 heteroatoms. The molecular formula is C22H18N2O3. The lowest BCUT2D eigenvalue weighted by Gasteiger charge is -2.18. The molecule has 3 aromatic rings. The van der Waals surface area contributed by atoms with Crippen molar-refractivity contribution in [1.82, 2.24) is 0 Å². The molecular weight excluding hydrogens is 340 g/mol. The van der Waals surface area contributed by atoms with E-state index in [0.717, 1.165) is 11.4 Å². The van der Waals surface area contributed by atoms with E-state index in [1.165, 1.54) is 4.90 Å². The third-order valence-electron chi connectivity index (χ3n) is 3.94. The summed E-state index contributed by atoms with van der Waals surface area (Å²) in [6.45, 7) is -0.155. The van der Waals surface area contributed by atoms with Crippen LogP contribution in [-0.2, 0) is 4.79 Å². The van der Waals surface area contributed by atoms with Crippen LogP contribution in [0, 0.1) is 11.3 Å². The van der Waals surface area contributed by atoms with Gasteiger partial charge in [-0.15, -0.1) is 0 Å². The summed E-state index contributed by atoms with van der Waals surface area (Å²) in [7, 11) is 1.68. The highest BCUT2D eigenvalue weighted by molar-refractivity contribution is 5.94. The summed E-state index contributed by atoms with van der Waals surface area (Å²) in [5.74, 6) is 1.61. The lowest BCUT2D eigenvalue weighted by atomic mass is 10.2. The van der Waals surface area contributed by atoms with Crippen LogP contribution in [0.4, 0.5) is 5.69 Å². The third kappa shape index (κ3) is 4.65.